The number of nitrogens with one attached hydrogen (secondary N) is 1. The van der Waals surface area contributed by atoms with Crippen molar-refractivity contribution < 1.29 is 14.7 Å². The number of hydrogen-bond acceptors (Lipinski definition) is 3. The molecule has 1 aromatic heterocycles. The van der Waals surface area contributed by atoms with Gasteiger partial charge in [0.05, 0.1) is 11.0 Å². The number of piperidine rings is 1. The minimum Gasteiger partial charge on any atom is -0.481 e. The number of benzene rings is 1. The summed E-state index contributed by atoms with van der Waals surface area (Å²) in [5, 5.41) is 9.28. The van der Waals surface area contributed by atoms with Crippen molar-refractivity contribution in [2.45, 2.75) is 46.5 Å². The molecule has 1 saturated heterocycles. The molecule has 2 atom stereocenters. The molecule has 0 aliphatic carbocycles. The van der Waals surface area contributed by atoms with Gasteiger partial charge in [-0.3, -0.25) is 9.59 Å². The van der Waals surface area contributed by atoms with E-state index in [4.69, 9.17) is 0 Å². The Hall–Kier alpha value is -2.37. The molecule has 1 aromatic carbocycles. The summed E-state index contributed by atoms with van der Waals surface area (Å²) < 4.78 is 0. The van der Waals surface area contributed by atoms with Crippen LogP contribution in [0.5, 0.6) is 0 Å². The number of hydrogen-bond donors (Lipinski definition) is 2. The Labute approximate surface area is 160 Å². The smallest absolute Gasteiger partial charge is 0.303 e. The maximum absolute atomic E-state index is 12.5. The number of carboxylic acids is 1. The van der Waals surface area contributed by atoms with Crippen molar-refractivity contribution in [2.75, 3.05) is 13.1 Å². The van der Waals surface area contributed by atoms with E-state index >= 15 is 0 Å². The molecule has 0 spiro atoms. The number of rotatable bonds is 6. The van der Waals surface area contributed by atoms with E-state index in [1.165, 1.54) is 5.56 Å². The van der Waals surface area contributed by atoms with Crippen molar-refractivity contribution in [3.63, 3.8) is 0 Å². The number of imidazole rings is 1. The molecule has 1 aliphatic rings. The van der Waals surface area contributed by atoms with Crippen LogP contribution in [0, 0.1) is 24.7 Å². The topological polar surface area (TPSA) is 86.3 Å². The Morgan fingerprint density at radius 1 is 1.33 bits per heavy atom. The standard InChI is InChI=1S/C21H29N3O3/c1-13(2)8-20(25)24-7-6-15(11-21(26)27)16(12-24)10-19-22-17-5-4-14(3)9-18(17)23-19/h4-5,9,13,15-16H,6-8,10-12H2,1-3H3,(H,22,23)(H,26,27)/t15-,16-/m0/s1. The van der Waals surface area contributed by atoms with Gasteiger partial charge < -0.3 is 15.0 Å². The number of carboxylic acid groups (broad SMARTS) is 1. The second-order valence-electron chi connectivity index (χ2n) is 8.25. The van der Waals surface area contributed by atoms with Crippen molar-refractivity contribution in [2.24, 2.45) is 17.8 Å². The average molecular weight is 371 g/mol. The van der Waals surface area contributed by atoms with Crippen LogP contribution in [0.4, 0.5) is 0 Å². The molecule has 6 heteroatoms. The fourth-order valence-corrected chi connectivity index (χ4v) is 4.03. The van der Waals surface area contributed by atoms with Crippen molar-refractivity contribution in [3.05, 3.63) is 29.6 Å². The number of likely N-dealkylation sites (tertiary alicyclic amines) is 1. The average Bonchev–Trinajstić information content (AvgIpc) is 2.96. The summed E-state index contributed by atoms with van der Waals surface area (Å²) in [6.45, 7) is 7.40. The lowest BCUT2D eigenvalue weighted by Gasteiger charge is -2.38. The SMILES string of the molecule is Cc1ccc2nc(C[C@H]3CN(C(=O)CC(C)C)CC[C@H]3CC(=O)O)[nH]c2c1. The summed E-state index contributed by atoms with van der Waals surface area (Å²) >= 11 is 0. The molecule has 0 saturated carbocycles. The first-order chi connectivity index (χ1) is 12.8. The van der Waals surface area contributed by atoms with Gasteiger partial charge in [0.25, 0.3) is 0 Å². The first-order valence-corrected chi connectivity index (χ1v) is 9.76. The largest absolute Gasteiger partial charge is 0.481 e. The number of amides is 1. The normalized spacial score (nSPS) is 20.4. The molecule has 1 fully saturated rings. The molecular formula is C21H29N3O3. The van der Waals surface area contributed by atoms with Crippen molar-refractivity contribution >= 4 is 22.9 Å². The van der Waals surface area contributed by atoms with Gasteiger partial charge in [0.15, 0.2) is 0 Å². The molecule has 27 heavy (non-hydrogen) atoms. The molecule has 0 bridgehead atoms. The first kappa shape index (κ1) is 19.4. The van der Waals surface area contributed by atoms with Crippen molar-refractivity contribution in [3.8, 4) is 0 Å². The van der Waals surface area contributed by atoms with E-state index in [0.717, 1.165) is 23.3 Å². The molecule has 3 rings (SSSR count). The number of aromatic amines is 1. The number of aliphatic carboxylic acids is 1. The summed E-state index contributed by atoms with van der Waals surface area (Å²) in [4.78, 5) is 33.8. The number of H-pyrrole nitrogens is 1. The Bertz CT molecular complexity index is 827. The predicted molar refractivity (Wildman–Crippen MR) is 104 cm³/mol. The van der Waals surface area contributed by atoms with Crippen LogP contribution < -0.4 is 0 Å². The Kier molecular flexibility index (Phi) is 5.82. The van der Waals surface area contributed by atoms with Gasteiger partial charge in [-0.2, -0.15) is 0 Å². The third kappa shape index (κ3) is 4.87. The Morgan fingerprint density at radius 2 is 2.11 bits per heavy atom. The highest BCUT2D eigenvalue weighted by atomic mass is 16.4. The van der Waals surface area contributed by atoms with E-state index in [0.29, 0.717) is 31.8 Å². The minimum atomic E-state index is -0.771. The molecule has 146 valence electrons. The van der Waals surface area contributed by atoms with E-state index in [2.05, 4.69) is 16.0 Å². The van der Waals surface area contributed by atoms with Gasteiger partial charge in [-0.25, -0.2) is 4.98 Å². The number of carbonyl (C=O) groups is 2. The van der Waals surface area contributed by atoms with Gasteiger partial charge in [-0.15, -0.1) is 0 Å². The monoisotopic (exact) mass is 371 g/mol. The van der Waals surface area contributed by atoms with Gasteiger partial charge >= 0.3 is 5.97 Å². The van der Waals surface area contributed by atoms with Crippen LogP contribution in [-0.2, 0) is 16.0 Å². The maximum Gasteiger partial charge on any atom is 0.303 e. The molecule has 2 aromatic rings. The van der Waals surface area contributed by atoms with Crippen LogP contribution in [0.1, 0.15) is 44.5 Å². The quantitative estimate of drug-likeness (QED) is 0.815. The van der Waals surface area contributed by atoms with Gasteiger partial charge in [0, 0.05) is 32.4 Å². The highest BCUT2D eigenvalue weighted by Crippen LogP contribution is 2.30. The van der Waals surface area contributed by atoms with Crippen molar-refractivity contribution in [1.82, 2.24) is 14.9 Å². The van der Waals surface area contributed by atoms with Gasteiger partial charge in [0.2, 0.25) is 5.91 Å². The molecule has 0 radical (unpaired) electrons. The van der Waals surface area contributed by atoms with E-state index in [9.17, 15) is 14.7 Å². The number of carbonyl (C=O) groups excluding carboxylic acids is 1. The predicted octanol–water partition coefficient (Wildman–Crippen LogP) is 3.40. The van der Waals surface area contributed by atoms with Crippen LogP contribution in [-0.4, -0.2) is 44.9 Å². The van der Waals surface area contributed by atoms with Gasteiger partial charge in [-0.1, -0.05) is 19.9 Å². The van der Waals surface area contributed by atoms with Gasteiger partial charge in [-0.05, 0) is 48.8 Å². The van der Waals surface area contributed by atoms with Crippen LogP contribution in [0.25, 0.3) is 11.0 Å². The molecular weight excluding hydrogens is 342 g/mol. The zero-order chi connectivity index (χ0) is 19.6. The number of aryl methyl sites for hydroxylation is 1. The summed E-state index contributed by atoms with van der Waals surface area (Å²) in [6.07, 6.45) is 2.09. The highest BCUT2D eigenvalue weighted by molar-refractivity contribution is 5.77. The Balaban J connectivity index is 1.77. The van der Waals surface area contributed by atoms with E-state index < -0.39 is 5.97 Å². The summed E-state index contributed by atoms with van der Waals surface area (Å²) in [5.41, 5.74) is 3.10. The molecule has 2 heterocycles. The van der Waals surface area contributed by atoms with Crippen molar-refractivity contribution in [1.29, 1.82) is 0 Å². The third-order valence-electron chi connectivity index (χ3n) is 5.41. The number of aromatic nitrogens is 2. The summed E-state index contributed by atoms with van der Waals surface area (Å²) in [5.74, 6) is 0.768. The lowest BCUT2D eigenvalue weighted by Crippen LogP contribution is -2.45. The lowest BCUT2D eigenvalue weighted by atomic mass is 9.81. The first-order valence-electron chi connectivity index (χ1n) is 9.76. The summed E-state index contributed by atoms with van der Waals surface area (Å²) in [7, 11) is 0. The lowest BCUT2D eigenvalue weighted by molar-refractivity contribution is -0.140. The molecule has 2 N–H and O–H groups in total. The van der Waals surface area contributed by atoms with Crippen LogP contribution in [0.2, 0.25) is 0 Å². The van der Waals surface area contributed by atoms with Crippen LogP contribution in [0.3, 0.4) is 0 Å². The number of nitrogens with zero attached hydrogens (tertiary/aromatic N) is 2. The molecule has 1 amide bonds. The van der Waals surface area contributed by atoms with E-state index in [-0.39, 0.29) is 24.2 Å². The zero-order valence-electron chi connectivity index (χ0n) is 16.4. The fraction of sp³-hybridized carbons (Fsp3) is 0.571. The highest BCUT2D eigenvalue weighted by Gasteiger charge is 2.33. The molecule has 1 aliphatic heterocycles. The Morgan fingerprint density at radius 3 is 2.81 bits per heavy atom. The number of fused-ring (bicyclic) bond motifs is 1. The summed E-state index contributed by atoms with van der Waals surface area (Å²) in [6, 6.07) is 6.10. The van der Waals surface area contributed by atoms with E-state index in [1.54, 1.807) is 0 Å². The third-order valence-corrected chi connectivity index (χ3v) is 5.41. The molecule has 6 nitrogen and oxygen atoms in total. The fourth-order valence-electron chi connectivity index (χ4n) is 4.03. The maximum atomic E-state index is 12.5. The minimum absolute atomic E-state index is 0.0700. The van der Waals surface area contributed by atoms with Crippen LogP contribution >= 0.6 is 0 Å². The molecule has 0 unspecified atom stereocenters. The second kappa shape index (κ2) is 8.11. The van der Waals surface area contributed by atoms with E-state index in [1.807, 2.05) is 37.8 Å². The second-order valence-corrected chi connectivity index (χ2v) is 8.25. The van der Waals surface area contributed by atoms with Crippen LogP contribution in [0.15, 0.2) is 18.2 Å². The zero-order valence-corrected chi connectivity index (χ0v) is 16.4. The van der Waals surface area contributed by atoms with Gasteiger partial charge in [0.1, 0.15) is 5.82 Å².